The van der Waals surface area contributed by atoms with E-state index in [2.05, 4.69) is 31.3 Å². The Labute approximate surface area is 174 Å². The molecule has 9 heteroatoms. The Morgan fingerprint density at radius 2 is 1.97 bits per heavy atom. The number of aromatic hydroxyl groups is 1. The van der Waals surface area contributed by atoms with Crippen LogP contribution in [0.5, 0.6) is 17.2 Å². The number of hydrogen-bond donors (Lipinski definition) is 2. The summed E-state index contributed by atoms with van der Waals surface area (Å²) in [6, 6.07) is 8.24. The van der Waals surface area contributed by atoms with E-state index >= 15 is 0 Å². The van der Waals surface area contributed by atoms with Crippen LogP contribution in [0.25, 0.3) is 0 Å². The zero-order chi connectivity index (χ0) is 22.5. The number of hydrazone groups is 1. The van der Waals surface area contributed by atoms with Crippen molar-refractivity contribution in [3.05, 3.63) is 57.1 Å². The third-order valence-corrected chi connectivity index (χ3v) is 4.20. The molecule has 0 aliphatic heterocycles. The molecule has 9 nitrogen and oxygen atoms in total. The van der Waals surface area contributed by atoms with E-state index in [1.807, 2.05) is 25.1 Å². The second kappa shape index (κ2) is 9.25. The highest BCUT2D eigenvalue weighted by Crippen LogP contribution is 2.36. The van der Waals surface area contributed by atoms with Crippen LogP contribution in [0.4, 0.5) is 5.69 Å². The number of benzene rings is 2. The van der Waals surface area contributed by atoms with E-state index in [0.717, 1.165) is 17.2 Å². The molecule has 0 unspecified atom stereocenters. The number of nitro groups is 1. The quantitative estimate of drug-likeness (QED) is 0.406. The smallest absolute Gasteiger partial charge is 0.315 e. The van der Waals surface area contributed by atoms with Gasteiger partial charge in [-0.05, 0) is 30.0 Å². The van der Waals surface area contributed by atoms with Crippen LogP contribution in [0.3, 0.4) is 0 Å². The van der Waals surface area contributed by atoms with E-state index in [1.165, 1.54) is 19.4 Å². The summed E-state index contributed by atoms with van der Waals surface area (Å²) in [6.45, 7) is 7.92. The molecule has 160 valence electrons. The fourth-order valence-electron chi connectivity index (χ4n) is 2.69. The molecule has 0 radical (unpaired) electrons. The molecule has 2 aromatic rings. The molecule has 1 amide bonds. The van der Waals surface area contributed by atoms with Crippen molar-refractivity contribution in [2.24, 2.45) is 5.10 Å². The second-order valence-electron chi connectivity index (χ2n) is 7.68. The Kier molecular flexibility index (Phi) is 6.99. The first kappa shape index (κ1) is 22.7. The molecule has 0 saturated carbocycles. The molecular formula is C21H25N3O6. The number of amides is 1. The zero-order valence-corrected chi connectivity index (χ0v) is 17.6. The number of carbonyl (C=O) groups excluding carboxylic acids is 1. The number of hydrogen-bond acceptors (Lipinski definition) is 7. The van der Waals surface area contributed by atoms with Gasteiger partial charge in [-0.15, -0.1) is 0 Å². The van der Waals surface area contributed by atoms with Crippen LogP contribution in [0, 0.1) is 17.0 Å². The molecule has 0 heterocycles. The number of aryl methyl sites for hydroxylation is 1. The van der Waals surface area contributed by atoms with Gasteiger partial charge in [0.1, 0.15) is 5.75 Å². The predicted octanol–water partition coefficient (Wildman–Crippen LogP) is 3.44. The van der Waals surface area contributed by atoms with Crippen molar-refractivity contribution in [3.63, 3.8) is 0 Å². The third kappa shape index (κ3) is 5.69. The van der Waals surface area contributed by atoms with Crippen LogP contribution in [0.2, 0.25) is 0 Å². The number of phenolic OH excluding ortho intramolecular Hbond substituents is 1. The van der Waals surface area contributed by atoms with Gasteiger partial charge in [0.25, 0.3) is 5.91 Å². The number of ether oxygens (including phenoxy) is 2. The highest BCUT2D eigenvalue weighted by atomic mass is 16.6. The monoisotopic (exact) mass is 415 g/mol. The highest BCUT2D eigenvalue weighted by molar-refractivity contribution is 5.85. The van der Waals surface area contributed by atoms with Gasteiger partial charge in [-0.25, -0.2) is 5.43 Å². The summed E-state index contributed by atoms with van der Waals surface area (Å²) in [5.41, 5.74) is 3.98. The number of nitrogens with zero attached hydrogens (tertiary/aromatic N) is 2. The number of nitro benzene ring substituents is 1. The number of carbonyl (C=O) groups is 1. The van der Waals surface area contributed by atoms with Gasteiger partial charge >= 0.3 is 5.69 Å². The molecule has 0 fully saturated rings. The average Bonchev–Trinajstić information content (AvgIpc) is 2.67. The molecule has 0 spiro atoms. The van der Waals surface area contributed by atoms with Crippen LogP contribution in [0.15, 0.2) is 35.4 Å². The van der Waals surface area contributed by atoms with Crippen molar-refractivity contribution in [1.29, 1.82) is 0 Å². The minimum absolute atomic E-state index is 0.0746. The van der Waals surface area contributed by atoms with Gasteiger partial charge in [-0.1, -0.05) is 38.5 Å². The Hall–Kier alpha value is -3.62. The molecule has 30 heavy (non-hydrogen) atoms. The summed E-state index contributed by atoms with van der Waals surface area (Å²) in [4.78, 5) is 22.3. The van der Waals surface area contributed by atoms with Crippen molar-refractivity contribution < 1.29 is 24.3 Å². The van der Waals surface area contributed by atoms with Gasteiger partial charge in [0.05, 0.1) is 18.2 Å². The molecule has 2 aromatic carbocycles. The van der Waals surface area contributed by atoms with Gasteiger partial charge in [0.15, 0.2) is 12.4 Å². The Morgan fingerprint density at radius 1 is 1.27 bits per heavy atom. The van der Waals surface area contributed by atoms with E-state index in [1.54, 1.807) is 0 Å². The fraction of sp³-hybridized carbons (Fsp3) is 0.333. The molecule has 0 saturated heterocycles. The summed E-state index contributed by atoms with van der Waals surface area (Å²) < 4.78 is 10.6. The molecule has 2 N–H and O–H groups in total. The maximum absolute atomic E-state index is 12.1. The Morgan fingerprint density at radius 3 is 2.57 bits per heavy atom. The Bertz CT molecular complexity index is 979. The van der Waals surface area contributed by atoms with Crippen molar-refractivity contribution in [2.45, 2.75) is 33.1 Å². The van der Waals surface area contributed by atoms with E-state index in [0.29, 0.717) is 5.75 Å². The van der Waals surface area contributed by atoms with Crippen molar-refractivity contribution >= 4 is 17.8 Å². The van der Waals surface area contributed by atoms with Crippen LogP contribution in [-0.4, -0.2) is 35.9 Å². The molecular weight excluding hydrogens is 390 g/mol. The van der Waals surface area contributed by atoms with Gasteiger partial charge < -0.3 is 14.6 Å². The van der Waals surface area contributed by atoms with Crippen LogP contribution in [-0.2, 0) is 10.2 Å². The van der Waals surface area contributed by atoms with Crippen LogP contribution >= 0.6 is 0 Å². The molecule has 0 aliphatic rings. The number of phenols is 1. The van der Waals surface area contributed by atoms with Gasteiger partial charge in [0.2, 0.25) is 5.75 Å². The predicted molar refractivity (Wildman–Crippen MR) is 112 cm³/mol. The van der Waals surface area contributed by atoms with E-state index in [4.69, 9.17) is 9.47 Å². The first-order valence-corrected chi connectivity index (χ1v) is 9.14. The van der Waals surface area contributed by atoms with Gasteiger partial charge in [-0.2, -0.15) is 5.10 Å². The molecule has 0 aliphatic carbocycles. The number of rotatable bonds is 7. The van der Waals surface area contributed by atoms with Gasteiger partial charge in [-0.3, -0.25) is 14.9 Å². The minimum atomic E-state index is -0.740. The highest BCUT2D eigenvalue weighted by Gasteiger charge is 2.20. The summed E-state index contributed by atoms with van der Waals surface area (Å²) >= 11 is 0. The maximum atomic E-state index is 12.1. The normalized spacial score (nSPS) is 11.4. The molecule has 2 rings (SSSR count). The molecule has 0 bridgehead atoms. The average molecular weight is 415 g/mol. The number of methoxy groups -OCH3 is 1. The maximum Gasteiger partial charge on any atom is 0.315 e. The lowest BCUT2D eigenvalue weighted by atomic mass is 9.85. The SMILES string of the molecule is COc1cc(/C=N/NC(=O)COc2ccc(C)cc2C(C)(C)C)cc([N+](=O)[O-])c1O. The lowest BCUT2D eigenvalue weighted by molar-refractivity contribution is -0.386. The standard InChI is InChI=1S/C21H25N3O6/c1-13-6-7-17(15(8-13)21(2,3)4)30-12-19(25)23-22-11-14-9-16(24(27)28)20(26)18(10-14)29-5/h6-11,26H,12H2,1-5H3,(H,23,25)/b22-11+. The second-order valence-corrected chi connectivity index (χ2v) is 7.68. The van der Waals surface area contributed by atoms with E-state index in [9.17, 15) is 20.0 Å². The lowest BCUT2D eigenvalue weighted by Gasteiger charge is -2.23. The number of nitrogens with one attached hydrogen (secondary N) is 1. The van der Waals surface area contributed by atoms with Crippen molar-refractivity contribution in [3.8, 4) is 17.2 Å². The largest absolute Gasteiger partial charge is 0.500 e. The van der Waals surface area contributed by atoms with Crippen LogP contribution < -0.4 is 14.9 Å². The lowest BCUT2D eigenvalue weighted by Crippen LogP contribution is -2.25. The van der Waals surface area contributed by atoms with Crippen molar-refractivity contribution in [1.82, 2.24) is 5.43 Å². The molecule has 0 atom stereocenters. The summed E-state index contributed by atoms with van der Waals surface area (Å²) in [6.07, 6.45) is 1.21. The van der Waals surface area contributed by atoms with Crippen molar-refractivity contribution in [2.75, 3.05) is 13.7 Å². The van der Waals surface area contributed by atoms with Crippen LogP contribution in [0.1, 0.15) is 37.5 Å². The third-order valence-electron chi connectivity index (χ3n) is 4.20. The van der Waals surface area contributed by atoms with E-state index in [-0.39, 0.29) is 23.3 Å². The first-order chi connectivity index (χ1) is 14.0. The van der Waals surface area contributed by atoms with Gasteiger partial charge in [0, 0.05) is 11.6 Å². The first-order valence-electron chi connectivity index (χ1n) is 9.14. The summed E-state index contributed by atoms with van der Waals surface area (Å²) in [5, 5.41) is 24.6. The summed E-state index contributed by atoms with van der Waals surface area (Å²) in [7, 11) is 1.27. The topological polar surface area (TPSA) is 123 Å². The minimum Gasteiger partial charge on any atom is -0.500 e. The summed E-state index contributed by atoms with van der Waals surface area (Å²) in [5.74, 6) is -0.530. The zero-order valence-electron chi connectivity index (χ0n) is 17.6. The molecule has 0 aromatic heterocycles. The fourth-order valence-corrected chi connectivity index (χ4v) is 2.69. The Balaban J connectivity index is 2.05. The van der Waals surface area contributed by atoms with E-state index < -0.39 is 22.3 Å².